The maximum Gasteiger partial charge on any atom is 0.305 e. The fraction of sp³-hybridized carbons (Fsp3) is 0.966. The van der Waals surface area contributed by atoms with Crippen LogP contribution in [0.3, 0.4) is 0 Å². The Morgan fingerprint density at radius 3 is 1.23 bits per heavy atom. The van der Waals surface area contributed by atoms with E-state index in [-0.39, 0.29) is 18.2 Å². The van der Waals surface area contributed by atoms with Crippen LogP contribution < -0.4 is 0 Å². The van der Waals surface area contributed by atoms with Crippen molar-refractivity contribution in [2.75, 3.05) is 39.4 Å². The Balaban J connectivity index is 2.62. The number of carbonyl (C=O) groups is 2. The normalized spacial score (nSPS) is 15.1. The van der Waals surface area contributed by atoms with E-state index in [9.17, 15) is 14.7 Å². The molecule has 1 N–H and O–H groups in total. The van der Waals surface area contributed by atoms with E-state index in [4.69, 9.17) is 9.47 Å². The largest absolute Gasteiger partial charge is 0.465 e. The van der Waals surface area contributed by atoms with Crippen molar-refractivity contribution >= 4 is 11.9 Å². The summed E-state index contributed by atoms with van der Waals surface area (Å²) in [6, 6.07) is 0.434. The summed E-state index contributed by atoms with van der Waals surface area (Å²) in [5, 5.41) is 11.8. The highest BCUT2D eigenvalue weighted by molar-refractivity contribution is 5.69. The van der Waals surface area contributed by atoms with Gasteiger partial charge in [0.2, 0.25) is 0 Å². The first-order valence-electron chi connectivity index (χ1n) is 29.9. The van der Waals surface area contributed by atoms with Gasteiger partial charge in [0.1, 0.15) is 6.23 Å². The molecule has 0 aromatic rings. The number of carbonyl (C=O) groups excluding carboxylic acids is 2. The molecule has 0 aliphatic carbocycles. The summed E-state index contributed by atoms with van der Waals surface area (Å²) >= 11 is 0. The number of nitrogens with zero attached hydrogens (tertiary/aromatic N) is 2. The molecule has 3 unspecified atom stereocenters. The van der Waals surface area contributed by atoms with Crippen LogP contribution in [-0.4, -0.2) is 78.5 Å². The lowest BCUT2D eigenvalue weighted by atomic mass is 9.96. The molecule has 0 aromatic carbocycles. The van der Waals surface area contributed by atoms with Crippen molar-refractivity contribution in [3.63, 3.8) is 0 Å². The molecule has 0 aromatic heterocycles. The highest BCUT2D eigenvalue weighted by atomic mass is 16.5. The zero-order chi connectivity index (χ0) is 48.0. The first-order chi connectivity index (χ1) is 32.4. The molecule has 1 aliphatic heterocycles. The second-order valence-corrected chi connectivity index (χ2v) is 21.2. The van der Waals surface area contributed by atoms with Crippen molar-refractivity contribution in [2.45, 2.75) is 317 Å². The SMILES string of the molecule is CCCCCCCCC(O)N(CCCN1CCCC1)C(CCCCCCCCC(=O)OCC(CCCC)CCCCCC)CCCCCCCCC(=O)OCC(CCCC)CCCCCC. The lowest BCUT2D eigenvalue weighted by molar-refractivity contribution is -0.146. The van der Waals surface area contributed by atoms with E-state index in [1.165, 1.54) is 225 Å². The fourth-order valence-electron chi connectivity index (χ4n) is 10.4. The highest BCUT2D eigenvalue weighted by Gasteiger charge is 2.25. The van der Waals surface area contributed by atoms with Gasteiger partial charge >= 0.3 is 11.9 Å². The minimum absolute atomic E-state index is 0.00630. The number of likely N-dealkylation sites (tertiary alicyclic amines) is 1. The van der Waals surface area contributed by atoms with Gasteiger partial charge in [0.25, 0.3) is 0 Å². The second kappa shape index (κ2) is 47.5. The van der Waals surface area contributed by atoms with Crippen molar-refractivity contribution in [1.29, 1.82) is 0 Å². The Morgan fingerprint density at radius 1 is 0.439 bits per heavy atom. The summed E-state index contributed by atoms with van der Waals surface area (Å²) in [6.45, 7) is 17.2. The minimum Gasteiger partial charge on any atom is -0.465 e. The monoisotopic (exact) mass is 933 g/mol. The Morgan fingerprint density at radius 2 is 0.788 bits per heavy atom. The molecule has 0 bridgehead atoms. The Labute approximate surface area is 412 Å². The second-order valence-electron chi connectivity index (χ2n) is 21.2. The maximum atomic E-state index is 12.6. The summed E-state index contributed by atoms with van der Waals surface area (Å²) < 4.78 is 11.6. The van der Waals surface area contributed by atoms with E-state index in [1.54, 1.807) is 0 Å². The predicted octanol–water partition coefficient (Wildman–Crippen LogP) is 17.1. The molecule has 0 amide bonds. The van der Waals surface area contributed by atoms with Gasteiger partial charge in [0, 0.05) is 25.4 Å². The van der Waals surface area contributed by atoms with E-state index in [0.29, 0.717) is 43.9 Å². The molecule has 7 heteroatoms. The quantitative estimate of drug-likeness (QED) is 0.0370. The number of unbranched alkanes of at least 4 members (excludes halogenated alkanes) is 23. The average Bonchev–Trinajstić information content (AvgIpc) is 3.85. The molecule has 1 rings (SSSR count). The van der Waals surface area contributed by atoms with Crippen molar-refractivity contribution in [3.8, 4) is 0 Å². The zero-order valence-electron chi connectivity index (χ0n) is 45.2. The van der Waals surface area contributed by atoms with E-state index in [2.05, 4.69) is 44.4 Å². The van der Waals surface area contributed by atoms with Crippen LogP contribution >= 0.6 is 0 Å². The number of hydrogen-bond donors (Lipinski definition) is 1. The van der Waals surface area contributed by atoms with Gasteiger partial charge in [-0.25, -0.2) is 0 Å². The molecule has 66 heavy (non-hydrogen) atoms. The van der Waals surface area contributed by atoms with Crippen molar-refractivity contribution in [2.24, 2.45) is 11.8 Å². The van der Waals surface area contributed by atoms with Gasteiger partial charge in [0.15, 0.2) is 0 Å². The number of aliphatic hydroxyl groups excluding tert-OH is 1. The third kappa shape index (κ3) is 37.7. The van der Waals surface area contributed by atoms with Gasteiger partial charge in [-0.05, 0) is 115 Å². The molecular formula is C59H116N2O5. The first-order valence-corrected chi connectivity index (χ1v) is 29.9. The minimum atomic E-state index is -0.342. The van der Waals surface area contributed by atoms with Crippen LogP contribution in [0.2, 0.25) is 0 Å². The average molecular weight is 934 g/mol. The third-order valence-corrected chi connectivity index (χ3v) is 14.9. The van der Waals surface area contributed by atoms with Crippen molar-refractivity contribution < 1.29 is 24.2 Å². The zero-order valence-corrected chi connectivity index (χ0v) is 45.2. The van der Waals surface area contributed by atoms with Crippen LogP contribution in [0.5, 0.6) is 0 Å². The molecule has 1 heterocycles. The van der Waals surface area contributed by atoms with Crippen LogP contribution in [0.4, 0.5) is 0 Å². The smallest absolute Gasteiger partial charge is 0.305 e. The number of ether oxygens (including phenoxy) is 2. The third-order valence-electron chi connectivity index (χ3n) is 14.9. The van der Waals surface area contributed by atoms with E-state index >= 15 is 0 Å². The van der Waals surface area contributed by atoms with Gasteiger partial charge in [-0.1, -0.05) is 208 Å². The summed E-state index contributed by atoms with van der Waals surface area (Å²) in [5.74, 6) is 1.08. The number of aliphatic hydroxyl groups is 1. The molecule has 392 valence electrons. The van der Waals surface area contributed by atoms with Crippen LogP contribution in [0, 0.1) is 11.8 Å². The van der Waals surface area contributed by atoms with Gasteiger partial charge in [-0.3, -0.25) is 14.5 Å². The lowest BCUT2D eigenvalue weighted by Crippen LogP contribution is -2.44. The summed E-state index contributed by atoms with van der Waals surface area (Å²) in [5.41, 5.74) is 0. The fourth-order valence-corrected chi connectivity index (χ4v) is 10.4. The van der Waals surface area contributed by atoms with E-state index in [1.807, 2.05) is 0 Å². The van der Waals surface area contributed by atoms with Gasteiger partial charge in [0.05, 0.1) is 13.2 Å². The first kappa shape index (κ1) is 62.8. The van der Waals surface area contributed by atoms with Crippen molar-refractivity contribution in [1.82, 2.24) is 9.80 Å². The number of rotatable bonds is 51. The van der Waals surface area contributed by atoms with Gasteiger partial charge in [-0.15, -0.1) is 0 Å². The maximum absolute atomic E-state index is 12.6. The van der Waals surface area contributed by atoms with Crippen LogP contribution in [0.15, 0.2) is 0 Å². The topological polar surface area (TPSA) is 79.3 Å². The van der Waals surface area contributed by atoms with E-state index < -0.39 is 0 Å². The Bertz CT molecular complexity index is 980. The van der Waals surface area contributed by atoms with Gasteiger partial charge < -0.3 is 19.5 Å². The molecule has 1 fully saturated rings. The Kier molecular flexibility index (Phi) is 45.2. The summed E-state index contributed by atoms with van der Waals surface area (Å²) in [4.78, 5) is 30.5. The van der Waals surface area contributed by atoms with Crippen LogP contribution in [0.25, 0.3) is 0 Å². The summed E-state index contributed by atoms with van der Waals surface area (Å²) in [7, 11) is 0. The lowest BCUT2D eigenvalue weighted by Gasteiger charge is -2.36. The Hall–Kier alpha value is -1.18. The van der Waals surface area contributed by atoms with Crippen LogP contribution in [-0.2, 0) is 19.1 Å². The predicted molar refractivity (Wildman–Crippen MR) is 284 cm³/mol. The van der Waals surface area contributed by atoms with E-state index in [0.717, 1.165) is 58.0 Å². The number of esters is 2. The molecule has 0 radical (unpaired) electrons. The van der Waals surface area contributed by atoms with Crippen molar-refractivity contribution in [3.05, 3.63) is 0 Å². The molecule has 7 nitrogen and oxygen atoms in total. The molecule has 0 saturated carbocycles. The number of hydrogen-bond acceptors (Lipinski definition) is 7. The summed E-state index contributed by atoms with van der Waals surface area (Å²) in [6.07, 6.45) is 49.1. The van der Waals surface area contributed by atoms with Gasteiger partial charge in [-0.2, -0.15) is 0 Å². The standard InChI is InChI=1S/C59H116N2O5/c1-6-11-16-19-26-33-45-57(62)61(51-38-50-60-48-36-37-49-60)56(43-31-24-20-22-27-34-46-58(63)65-52-54(39-14-9-4)41-29-17-12-7-2)44-32-25-21-23-28-35-47-59(64)66-53-55(40-15-10-5)42-30-18-13-8-3/h54-57,62H,6-53H2,1-5H3. The molecule has 1 saturated heterocycles. The molecular weight excluding hydrogens is 817 g/mol. The highest BCUT2D eigenvalue weighted by Crippen LogP contribution is 2.25. The molecule has 1 aliphatic rings. The molecule has 3 atom stereocenters. The van der Waals surface area contributed by atoms with Crippen LogP contribution in [0.1, 0.15) is 304 Å². The molecule has 0 spiro atoms.